The number of hydrogen-bond acceptors (Lipinski definition) is 2. The quantitative estimate of drug-likeness (QED) is 0.809. The molecule has 0 spiro atoms. The number of carbonyl (C=O) groups excluding carboxylic acids is 2. The predicted octanol–water partition coefficient (Wildman–Crippen LogP) is 1.60. The molecule has 2 aromatic rings. The van der Waals surface area contributed by atoms with Gasteiger partial charge in [0.15, 0.2) is 0 Å². The second-order valence-corrected chi connectivity index (χ2v) is 5.55. The Morgan fingerprint density at radius 3 is 2.67 bits per heavy atom. The highest BCUT2D eigenvalue weighted by Gasteiger charge is 2.20. The van der Waals surface area contributed by atoms with Gasteiger partial charge in [-0.25, -0.2) is 0 Å². The fourth-order valence-corrected chi connectivity index (χ4v) is 2.88. The fraction of sp³-hybridized carbons (Fsp3) is 0.333. The molecule has 1 fully saturated rings. The van der Waals surface area contributed by atoms with Gasteiger partial charge in [-0.3, -0.25) is 9.59 Å². The van der Waals surface area contributed by atoms with Crippen LogP contribution in [-0.4, -0.2) is 52.9 Å². The van der Waals surface area contributed by atoms with Gasteiger partial charge in [-0.1, -0.05) is 17.7 Å². The zero-order valence-corrected chi connectivity index (χ0v) is 12.3. The van der Waals surface area contributed by atoms with E-state index in [0.717, 1.165) is 17.3 Å². The van der Waals surface area contributed by atoms with Crippen LogP contribution >= 0.6 is 11.6 Å². The third-order valence-electron chi connectivity index (χ3n) is 3.88. The van der Waals surface area contributed by atoms with Crippen molar-refractivity contribution in [3.05, 3.63) is 35.5 Å². The molecule has 1 aliphatic rings. The van der Waals surface area contributed by atoms with Crippen LogP contribution in [0.25, 0.3) is 10.9 Å². The van der Waals surface area contributed by atoms with E-state index in [4.69, 9.17) is 11.6 Å². The van der Waals surface area contributed by atoms with Gasteiger partial charge >= 0.3 is 0 Å². The van der Waals surface area contributed by atoms with Crippen LogP contribution in [0.1, 0.15) is 0 Å². The van der Waals surface area contributed by atoms with Crippen molar-refractivity contribution >= 4 is 34.8 Å². The summed E-state index contributed by atoms with van der Waals surface area (Å²) in [6.07, 6.45) is 2.72. The molecule has 6 heteroatoms. The van der Waals surface area contributed by atoms with Crippen LogP contribution in [0.4, 0.5) is 0 Å². The molecule has 2 amide bonds. The summed E-state index contributed by atoms with van der Waals surface area (Å²) in [5, 5.41) is 1.65. The summed E-state index contributed by atoms with van der Waals surface area (Å²) in [6.45, 7) is 2.70. The molecular weight excluding hydrogens is 290 g/mol. The normalized spacial score (nSPS) is 15.5. The Balaban J connectivity index is 1.72. The molecule has 0 radical (unpaired) electrons. The van der Waals surface area contributed by atoms with Gasteiger partial charge in [0.2, 0.25) is 12.3 Å². The second-order valence-electron chi connectivity index (χ2n) is 5.14. The van der Waals surface area contributed by atoms with Crippen molar-refractivity contribution in [3.63, 3.8) is 0 Å². The minimum absolute atomic E-state index is 0.0676. The maximum atomic E-state index is 12.4. The van der Waals surface area contributed by atoms with Crippen molar-refractivity contribution in [1.29, 1.82) is 0 Å². The van der Waals surface area contributed by atoms with Crippen molar-refractivity contribution < 1.29 is 9.59 Å². The number of rotatable bonds is 3. The first-order valence-electron chi connectivity index (χ1n) is 6.89. The zero-order valence-electron chi connectivity index (χ0n) is 11.5. The van der Waals surface area contributed by atoms with E-state index in [-0.39, 0.29) is 5.91 Å². The maximum Gasteiger partial charge on any atom is 0.242 e. The Morgan fingerprint density at radius 1 is 1.19 bits per heavy atom. The first kappa shape index (κ1) is 13.9. The summed E-state index contributed by atoms with van der Waals surface area (Å²) < 4.78 is 1.91. The molecule has 0 saturated carbocycles. The van der Waals surface area contributed by atoms with Crippen molar-refractivity contribution in [1.82, 2.24) is 14.4 Å². The molecule has 3 rings (SSSR count). The summed E-state index contributed by atoms with van der Waals surface area (Å²) in [4.78, 5) is 26.5. The largest absolute Gasteiger partial charge is 0.342 e. The summed E-state index contributed by atoms with van der Waals surface area (Å²) in [6, 6.07) is 7.61. The molecule has 0 N–H and O–H groups in total. The summed E-state index contributed by atoms with van der Waals surface area (Å²) in [5.41, 5.74) is 0.961. The molecule has 0 unspecified atom stereocenters. The maximum absolute atomic E-state index is 12.4. The third kappa shape index (κ3) is 2.74. The average Bonchev–Trinajstić information content (AvgIpc) is 2.92. The third-order valence-corrected chi connectivity index (χ3v) is 4.21. The number of aromatic nitrogens is 1. The highest BCUT2D eigenvalue weighted by Crippen LogP contribution is 2.24. The molecule has 1 aromatic carbocycles. The van der Waals surface area contributed by atoms with Gasteiger partial charge in [0.1, 0.15) is 6.54 Å². The number of halogens is 1. The van der Waals surface area contributed by atoms with Crippen molar-refractivity contribution in [2.75, 3.05) is 26.2 Å². The van der Waals surface area contributed by atoms with Gasteiger partial charge in [0.05, 0.1) is 0 Å². The lowest BCUT2D eigenvalue weighted by Crippen LogP contribution is -2.48. The topological polar surface area (TPSA) is 45.6 Å². The lowest BCUT2D eigenvalue weighted by Gasteiger charge is -2.32. The van der Waals surface area contributed by atoms with E-state index < -0.39 is 0 Å². The number of nitrogens with zero attached hydrogens (tertiary/aromatic N) is 3. The van der Waals surface area contributed by atoms with Crippen molar-refractivity contribution in [2.45, 2.75) is 6.54 Å². The van der Waals surface area contributed by atoms with Crippen LogP contribution in [-0.2, 0) is 16.1 Å². The van der Waals surface area contributed by atoms with Gasteiger partial charge < -0.3 is 14.4 Å². The molecular formula is C15H16ClN3O2. The SMILES string of the molecule is O=CN1CCN(C(=O)Cn2ccc3c(Cl)cccc32)CC1. The van der Waals surface area contributed by atoms with Crippen LogP contribution in [0.15, 0.2) is 30.5 Å². The minimum Gasteiger partial charge on any atom is -0.342 e. The van der Waals surface area contributed by atoms with Crippen molar-refractivity contribution in [2.24, 2.45) is 0 Å². The van der Waals surface area contributed by atoms with E-state index >= 15 is 0 Å². The molecule has 2 heterocycles. The number of fused-ring (bicyclic) bond motifs is 1. The second kappa shape index (κ2) is 5.77. The average molecular weight is 306 g/mol. The lowest BCUT2D eigenvalue weighted by atomic mass is 10.2. The molecule has 0 bridgehead atoms. The molecule has 1 aliphatic heterocycles. The molecule has 0 atom stereocenters. The van der Waals surface area contributed by atoms with Crippen molar-refractivity contribution in [3.8, 4) is 0 Å². The zero-order chi connectivity index (χ0) is 14.8. The van der Waals surface area contributed by atoms with E-state index in [9.17, 15) is 9.59 Å². The van der Waals surface area contributed by atoms with E-state index in [0.29, 0.717) is 37.7 Å². The van der Waals surface area contributed by atoms with Gasteiger partial charge in [0, 0.05) is 48.3 Å². The number of hydrogen-bond donors (Lipinski definition) is 0. The van der Waals surface area contributed by atoms with E-state index in [2.05, 4.69) is 0 Å². The molecule has 5 nitrogen and oxygen atoms in total. The predicted molar refractivity (Wildman–Crippen MR) is 81.2 cm³/mol. The Hall–Kier alpha value is -2.01. The Kier molecular flexibility index (Phi) is 3.84. The lowest BCUT2D eigenvalue weighted by molar-refractivity contribution is -0.135. The van der Waals surface area contributed by atoms with Crippen LogP contribution < -0.4 is 0 Å². The molecule has 21 heavy (non-hydrogen) atoms. The first-order chi connectivity index (χ1) is 10.2. The minimum atomic E-state index is 0.0676. The summed E-state index contributed by atoms with van der Waals surface area (Å²) >= 11 is 6.14. The van der Waals surface area contributed by atoms with Gasteiger partial charge in [0.25, 0.3) is 0 Å². The molecule has 1 aromatic heterocycles. The summed E-state index contributed by atoms with van der Waals surface area (Å²) in [7, 11) is 0. The Morgan fingerprint density at radius 2 is 1.95 bits per heavy atom. The van der Waals surface area contributed by atoms with E-state index in [1.54, 1.807) is 9.80 Å². The van der Waals surface area contributed by atoms with Gasteiger partial charge in [-0.15, -0.1) is 0 Å². The van der Waals surface area contributed by atoms with Crippen LogP contribution in [0.3, 0.4) is 0 Å². The van der Waals surface area contributed by atoms with E-state index in [1.165, 1.54) is 0 Å². The Bertz CT molecular complexity index is 675. The number of amides is 2. The molecule has 0 aliphatic carbocycles. The molecule has 1 saturated heterocycles. The number of piperazine rings is 1. The number of benzene rings is 1. The Labute approximate surface area is 127 Å². The highest BCUT2D eigenvalue weighted by molar-refractivity contribution is 6.35. The van der Waals surface area contributed by atoms with Crippen LogP contribution in [0.2, 0.25) is 5.02 Å². The van der Waals surface area contributed by atoms with Crippen LogP contribution in [0.5, 0.6) is 0 Å². The van der Waals surface area contributed by atoms with Gasteiger partial charge in [-0.05, 0) is 18.2 Å². The van der Waals surface area contributed by atoms with Gasteiger partial charge in [-0.2, -0.15) is 0 Å². The standard InChI is InChI=1S/C15H16ClN3O2/c16-13-2-1-3-14-12(13)4-5-19(14)10-15(21)18-8-6-17(11-20)7-9-18/h1-5,11H,6-10H2. The van der Waals surface area contributed by atoms with E-state index in [1.807, 2.05) is 35.0 Å². The van der Waals surface area contributed by atoms with Crippen LogP contribution in [0, 0.1) is 0 Å². The highest BCUT2D eigenvalue weighted by atomic mass is 35.5. The monoisotopic (exact) mass is 305 g/mol. The smallest absolute Gasteiger partial charge is 0.242 e. The fourth-order valence-electron chi connectivity index (χ4n) is 2.65. The summed E-state index contributed by atoms with van der Waals surface area (Å²) in [5.74, 6) is 0.0676. The first-order valence-corrected chi connectivity index (χ1v) is 7.27. The molecule has 110 valence electrons. The number of carbonyl (C=O) groups is 2.